The van der Waals surface area contributed by atoms with Gasteiger partial charge in [-0.15, -0.1) is 11.3 Å². The molecule has 0 radical (unpaired) electrons. The molecular formula is C14H13Cl2N3O3S. The van der Waals surface area contributed by atoms with Crippen LogP contribution in [0, 0.1) is 0 Å². The molecule has 1 heterocycles. The average molecular weight is 374 g/mol. The topological polar surface area (TPSA) is 83.8 Å². The zero-order valence-electron chi connectivity index (χ0n) is 12.0. The molecule has 23 heavy (non-hydrogen) atoms. The number of phenolic OH excluding ortho intramolecular Hbond substituents is 1. The van der Waals surface area contributed by atoms with Crippen LogP contribution in [0.5, 0.6) is 5.75 Å². The number of carbonyl (C=O) groups excluding carboxylic acids is 1. The number of anilines is 1. The fraction of sp³-hybridized carbons (Fsp3) is 0.214. The third-order valence-corrected chi connectivity index (χ3v) is 4.04. The third kappa shape index (κ3) is 5.09. The summed E-state index contributed by atoms with van der Waals surface area (Å²) in [6, 6.07) is 2.84. The first-order valence-electron chi connectivity index (χ1n) is 6.56. The highest BCUT2D eigenvalue weighted by atomic mass is 35.5. The average Bonchev–Trinajstić information content (AvgIpc) is 2.92. The van der Waals surface area contributed by atoms with E-state index >= 15 is 0 Å². The first-order valence-corrected chi connectivity index (χ1v) is 8.20. The predicted octanol–water partition coefficient (Wildman–Crippen LogP) is 3.71. The van der Waals surface area contributed by atoms with Gasteiger partial charge in [-0.25, -0.2) is 4.98 Å². The van der Waals surface area contributed by atoms with Gasteiger partial charge < -0.3 is 9.84 Å². The van der Waals surface area contributed by atoms with Gasteiger partial charge in [0.05, 0.1) is 35.0 Å². The Bertz CT molecular complexity index is 734. The predicted molar refractivity (Wildman–Crippen MR) is 91.8 cm³/mol. The van der Waals surface area contributed by atoms with E-state index in [4.69, 9.17) is 27.9 Å². The molecule has 2 aromatic rings. The van der Waals surface area contributed by atoms with Gasteiger partial charge in [0.2, 0.25) is 5.13 Å². The minimum Gasteiger partial charge on any atom is -0.506 e. The minimum absolute atomic E-state index is 0.0801. The van der Waals surface area contributed by atoms with Crippen LogP contribution in [0.3, 0.4) is 0 Å². The number of aromatic hydroxyl groups is 1. The van der Waals surface area contributed by atoms with Gasteiger partial charge in [0.15, 0.2) is 0 Å². The molecule has 0 bridgehead atoms. The first-order chi connectivity index (χ1) is 11.0. The zero-order valence-corrected chi connectivity index (χ0v) is 14.4. The normalized spacial score (nSPS) is 10.9. The number of hydrogen-bond donors (Lipinski definition) is 2. The lowest BCUT2D eigenvalue weighted by Crippen LogP contribution is -2.07. The molecule has 2 N–H and O–H groups in total. The highest BCUT2D eigenvalue weighted by molar-refractivity contribution is 7.13. The van der Waals surface area contributed by atoms with Gasteiger partial charge in [0.1, 0.15) is 5.75 Å². The number of rotatable bonds is 6. The second-order valence-electron chi connectivity index (χ2n) is 4.32. The molecule has 0 saturated carbocycles. The molecule has 0 amide bonds. The maximum Gasteiger partial charge on any atom is 0.311 e. The summed E-state index contributed by atoms with van der Waals surface area (Å²) in [4.78, 5) is 15.6. The van der Waals surface area contributed by atoms with Crippen LogP contribution in [0.2, 0.25) is 10.0 Å². The van der Waals surface area contributed by atoms with Gasteiger partial charge in [0, 0.05) is 10.9 Å². The van der Waals surface area contributed by atoms with E-state index in [0.717, 1.165) is 0 Å². The molecule has 0 aliphatic rings. The Balaban J connectivity index is 1.97. The summed E-state index contributed by atoms with van der Waals surface area (Å²) in [6.07, 6.45) is 1.55. The largest absolute Gasteiger partial charge is 0.506 e. The molecule has 0 aliphatic carbocycles. The molecule has 0 fully saturated rings. The summed E-state index contributed by atoms with van der Waals surface area (Å²) in [7, 11) is 0. The van der Waals surface area contributed by atoms with Crippen LogP contribution in [-0.2, 0) is 16.0 Å². The molecule has 0 atom stereocenters. The Hall–Kier alpha value is -1.83. The number of nitrogens with zero attached hydrogens (tertiary/aromatic N) is 2. The second-order valence-corrected chi connectivity index (χ2v) is 5.99. The molecule has 0 saturated heterocycles. The first kappa shape index (κ1) is 17.5. The standard InChI is InChI=1S/C14H13Cl2N3O3S/c1-2-22-13(21)4-9-7-23-14(18-9)19-17-6-8-3-12(20)11(16)5-10(8)15/h3,5-7,20H,2,4H2,1H3,(H,18,19). The lowest BCUT2D eigenvalue weighted by Gasteiger charge is -2.01. The fourth-order valence-electron chi connectivity index (χ4n) is 1.61. The molecule has 1 aromatic carbocycles. The van der Waals surface area contributed by atoms with Crippen molar-refractivity contribution < 1.29 is 14.6 Å². The summed E-state index contributed by atoms with van der Waals surface area (Å²) in [6.45, 7) is 2.09. The molecule has 0 aliphatic heterocycles. The van der Waals surface area contributed by atoms with Crippen molar-refractivity contribution in [1.29, 1.82) is 0 Å². The summed E-state index contributed by atoms with van der Waals surface area (Å²) in [5.41, 5.74) is 3.84. The van der Waals surface area contributed by atoms with Crippen LogP contribution >= 0.6 is 34.5 Å². The Morgan fingerprint density at radius 2 is 2.26 bits per heavy atom. The number of hydrazone groups is 1. The maximum atomic E-state index is 11.4. The van der Waals surface area contributed by atoms with Crippen LogP contribution < -0.4 is 5.43 Å². The highest BCUT2D eigenvalue weighted by Crippen LogP contribution is 2.29. The molecule has 122 valence electrons. The maximum absolute atomic E-state index is 11.4. The lowest BCUT2D eigenvalue weighted by molar-refractivity contribution is -0.142. The van der Waals surface area contributed by atoms with Gasteiger partial charge in [-0.3, -0.25) is 10.2 Å². The van der Waals surface area contributed by atoms with Crippen LogP contribution in [-0.4, -0.2) is 28.9 Å². The van der Waals surface area contributed by atoms with Crippen molar-refractivity contribution >= 4 is 51.9 Å². The monoisotopic (exact) mass is 373 g/mol. The van der Waals surface area contributed by atoms with E-state index in [-0.39, 0.29) is 23.2 Å². The molecule has 2 rings (SSSR count). The van der Waals surface area contributed by atoms with Crippen LogP contribution in [0.1, 0.15) is 18.2 Å². The SMILES string of the molecule is CCOC(=O)Cc1csc(NN=Cc2cc(O)c(Cl)cc2Cl)n1. The second kappa shape index (κ2) is 8.14. The van der Waals surface area contributed by atoms with Crippen LogP contribution in [0.15, 0.2) is 22.6 Å². The number of nitrogens with one attached hydrogen (secondary N) is 1. The number of aromatic nitrogens is 1. The number of ether oxygens (including phenoxy) is 1. The van der Waals surface area contributed by atoms with Crippen LogP contribution in [0.25, 0.3) is 0 Å². The summed E-state index contributed by atoms with van der Waals surface area (Å²) in [5, 5.41) is 16.3. The van der Waals surface area contributed by atoms with Crippen molar-refractivity contribution in [3.05, 3.63) is 38.8 Å². The van der Waals surface area contributed by atoms with Crippen molar-refractivity contribution in [2.24, 2.45) is 5.10 Å². The Morgan fingerprint density at radius 1 is 1.48 bits per heavy atom. The number of benzene rings is 1. The van der Waals surface area contributed by atoms with Gasteiger partial charge in [0.25, 0.3) is 0 Å². The molecule has 6 nitrogen and oxygen atoms in total. The van der Waals surface area contributed by atoms with Crippen molar-refractivity contribution in [2.75, 3.05) is 12.0 Å². The van der Waals surface area contributed by atoms with E-state index in [9.17, 15) is 9.90 Å². The van der Waals surface area contributed by atoms with Gasteiger partial charge in [-0.05, 0) is 19.1 Å². The number of esters is 1. The zero-order chi connectivity index (χ0) is 16.8. The Labute approximate surface area is 146 Å². The summed E-state index contributed by atoms with van der Waals surface area (Å²) >= 11 is 13.0. The lowest BCUT2D eigenvalue weighted by atomic mass is 10.2. The summed E-state index contributed by atoms with van der Waals surface area (Å²) in [5.74, 6) is -0.403. The van der Waals surface area contributed by atoms with E-state index < -0.39 is 0 Å². The number of carbonyl (C=O) groups is 1. The van der Waals surface area contributed by atoms with E-state index in [1.165, 1.54) is 29.7 Å². The van der Waals surface area contributed by atoms with E-state index in [1.54, 1.807) is 12.3 Å². The van der Waals surface area contributed by atoms with Crippen LogP contribution in [0.4, 0.5) is 5.13 Å². The smallest absolute Gasteiger partial charge is 0.311 e. The molecule has 1 aromatic heterocycles. The minimum atomic E-state index is -0.323. The number of phenols is 1. The Morgan fingerprint density at radius 3 is 3.00 bits per heavy atom. The van der Waals surface area contributed by atoms with E-state index in [1.807, 2.05) is 0 Å². The summed E-state index contributed by atoms with van der Waals surface area (Å²) < 4.78 is 4.85. The molecule has 0 spiro atoms. The van der Waals surface area contributed by atoms with Crippen molar-refractivity contribution in [3.8, 4) is 5.75 Å². The van der Waals surface area contributed by atoms with E-state index in [2.05, 4.69) is 15.5 Å². The van der Waals surface area contributed by atoms with Gasteiger partial charge >= 0.3 is 5.97 Å². The molecular weight excluding hydrogens is 361 g/mol. The third-order valence-electron chi connectivity index (χ3n) is 2.61. The van der Waals surface area contributed by atoms with Crippen molar-refractivity contribution in [3.63, 3.8) is 0 Å². The van der Waals surface area contributed by atoms with Gasteiger partial charge in [-0.2, -0.15) is 5.10 Å². The van der Waals surface area contributed by atoms with Crippen molar-refractivity contribution in [2.45, 2.75) is 13.3 Å². The fourth-order valence-corrected chi connectivity index (χ4v) is 2.70. The van der Waals surface area contributed by atoms with Crippen molar-refractivity contribution in [1.82, 2.24) is 4.98 Å². The number of hydrogen-bond acceptors (Lipinski definition) is 7. The quantitative estimate of drug-likeness (QED) is 0.458. The number of thiazole rings is 1. The van der Waals surface area contributed by atoms with Gasteiger partial charge in [-0.1, -0.05) is 23.2 Å². The highest BCUT2D eigenvalue weighted by Gasteiger charge is 2.08. The number of halogens is 2. The molecule has 0 unspecified atom stereocenters. The Kier molecular flexibility index (Phi) is 6.20. The molecule has 9 heteroatoms. The van der Waals surface area contributed by atoms with E-state index in [0.29, 0.717) is 28.0 Å².